The summed E-state index contributed by atoms with van der Waals surface area (Å²) in [6.07, 6.45) is 2.99. The second-order valence-corrected chi connectivity index (χ2v) is 7.39. The highest BCUT2D eigenvalue weighted by atomic mass is 32.2. The molecule has 0 spiro atoms. The number of piperidine rings is 1. The summed E-state index contributed by atoms with van der Waals surface area (Å²) in [4.78, 5) is 14.3. The fraction of sp³-hybridized carbons (Fsp3) is 0.933. The van der Waals surface area contributed by atoms with E-state index in [9.17, 15) is 4.79 Å². The van der Waals surface area contributed by atoms with Crippen molar-refractivity contribution >= 4 is 17.7 Å². The van der Waals surface area contributed by atoms with Crippen LogP contribution in [0.15, 0.2) is 0 Å². The number of carbonyl (C=O) groups excluding carboxylic acids is 1. The summed E-state index contributed by atoms with van der Waals surface area (Å²) >= 11 is 1.95. The summed E-state index contributed by atoms with van der Waals surface area (Å²) in [6, 6.07) is 0.371. The van der Waals surface area contributed by atoms with E-state index in [0.29, 0.717) is 30.4 Å². The zero-order valence-electron chi connectivity index (χ0n) is 12.8. The highest BCUT2D eigenvalue weighted by Crippen LogP contribution is 2.17. The average molecular weight is 300 g/mol. The monoisotopic (exact) mass is 300 g/mol. The van der Waals surface area contributed by atoms with E-state index >= 15 is 0 Å². The minimum Gasteiger partial charge on any atom is -0.378 e. The van der Waals surface area contributed by atoms with Crippen molar-refractivity contribution in [3.05, 3.63) is 0 Å². The first-order chi connectivity index (χ1) is 9.65. The molecule has 0 saturated carbocycles. The van der Waals surface area contributed by atoms with E-state index in [1.54, 1.807) is 0 Å². The van der Waals surface area contributed by atoms with Crippen molar-refractivity contribution in [2.45, 2.75) is 45.3 Å². The molecular formula is C15H28N2O2S. The molecule has 0 bridgehead atoms. The van der Waals surface area contributed by atoms with E-state index in [4.69, 9.17) is 4.74 Å². The average Bonchev–Trinajstić information content (AvgIpc) is 2.46. The van der Waals surface area contributed by atoms with E-state index in [1.807, 2.05) is 16.7 Å². The topological polar surface area (TPSA) is 41.6 Å². The van der Waals surface area contributed by atoms with Crippen molar-refractivity contribution in [1.29, 1.82) is 0 Å². The van der Waals surface area contributed by atoms with Crippen LogP contribution >= 0.6 is 11.8 Å². The first kappa shape index (κ1) is 16.1. The molecule has 20 heavy (non-hydrogen) atoms. The third kappa shape index (κ3) is 5.26. The molecule has 116 valence electrons. The summed E-state index contributed by atoms with van der Waals surface area (Å²) in [6.45, 7) is 7.94. The Morgan fingerprint density at radius 2 is 2.15 bits per heavy atom. The van der Waals surface area contributed by atoms with Crippen LogP contribution < -0.4 is 5.32 Å². The molecule has 0 aliphatic carbocycles. The molecule has 2 saturated heterocycles. The van der Waals surface area contributed by atoms with Crippen LogP contribution in [0, 0.1) is 5.92 Å². The van der Waals surface area contributed by atoms with E-state index in [0.717, 1.165) is 44.8 Å². The lowest BCUT2D eigenvalue weighted by atomic mass is 10.1. The first-order valence-corrected chi connectivity index (χ1v) is 9.01. The van der Waals surface area contributed by atoms with Gasteiger partial charge < -0.3 is 15.0 Å². The fourth-order valence-electron chi connectivity index (χ4n) is 2.69. The summed E-state index contributed by atoms with van der Waals surface area (Å²) in [5, 5.41) is 3.44. The molecule has 0 aromatic rings. The molecule has 2 aliphatic heterocycles. The second-order valence-electron chi connectivity index (χ2n) is 6.24. The lowest BCUT2D eigenvalue weighted by Crippen LogP contribution is -2.45. The van der Waals surface area contributed by atoms with Gasteiger partial charge in [-0.3, -0.25) is 4.79 Å². The van der Waals surface area contributed by atoms with E-state index in [2.05, 4.69) is 19.2 Å². The number of rotatable bonds is 5. The molecule has 1 unspecified atom stereocenters. The van der Waals surface area contributed by atoms with Gasteiger partial charge >= 0.3 is 0 Å². The third-order valence-corrected chi connectivity index (χ3v) is 5.01. The number of nitrogens with one attached hydrogen (secondary N) is 1. The molecule has 0 aromatic carbocycles. The molecular weight excluding hydrogens is 272 g/mol. The number of ether oxygens (including phenoxy) is 1. The number of hydrogen-bond acceptors (Lipinski definition) is 4. The van der Waals surface area contributed by atoms with Crippen molar-refractivity contribution in [1.82, 2.24) is 10.2 Å². The standard InChI is InChI=1S/C15H28N2O2S/c1-12(2)10-19-14-3-6-17(7-4-14)15(18)9-13-11-20-8-5-16-13/h12-14,16H,3-11H2,1-2H3. The van der Waals surface area contributed by atoms with Gasteiger partial charge in [-0.25, -0.2) is 0 Å². The van der Waals surface area contributed by atoms with Crippen LogP contribution in [-0.2, 0) is 9.53 Å². The van der Waals surface area contributed by atoms with Crippen molar-refractivity contribution < 1.29 is 9.53 Å². The highest BCUT2D eigenvalue weighted by Gasteiger charge is 2.25. The lowest BCUT2D eigenvalue weighted by molar-refractivity contribution is -0.134. The molecule has 2 fully saturated rings. The lowest BCUT2D eigenvalue weighted by Gasteiger charge is -2.33. The summed E-state index contributed by atoms with van der Waals surface area (Å²) in [5.74, 6) is 3.14. The van der Waals surface area contributed by atoms with Crippen molar-refractivity contribution in [3.8, 4) is 0 Å². The van der Waals surface area contributed by atoms with Gasteiger partial charge in [0.05, 0.1) is 6.10 Å². The third-order valence-electron chi connectivity index (χ3n) is 3.88. The molecule has 5 heteroatoms. The van der Waals surface area contributed by atoms with Gasteiger partial charge in [0.1, 0.15) is 0 Å². The van der Waals surface area contributed by atoms with Crippen molar-refractivity contribution in [2.75, 3.05) is 37.7 Å². The Kier molecular flexibility index (Phi) is 6.65. The highest BCUT2D eigenvalue weighted by molar-refractivity contribution is 7.99. The first-order valence-electron chi connectivity index (χ1n) is 7.85. The molecule has 1 amide bonds. The van der Waals surface area contributed by atoms with Crippen LogP contribution in [0.1, 0.15) is 33.1 Å². The Hall–Kier alpha value is -0.260. The number of likely N-dealkylation sites (tertiary alicyclic amines) is 1. The van der Waals surface area contributed by atoms with Gasteiger partial charge in [-0.15, -0.1) is 0 Å². The summed E-state index contributed by atoms with van der Waals surface area (Å²) in [5.41, 5.74) is 0. The SMILES string of the molecule is CC(C)COC1CCN(C(=O)CC2CSCCN2)CC1. The Morgan fingerprint density at radius 3 is 2.75 bits per heavy atom. The van der Waals surface area contributed by atoms with Crippen molar-refractivity contribution in [2.24, 2.45) is 5.92 Å². The molecule has 2 aliphatic rings. The van der Waals surface area contributed by atoms with Gasteiger partial charge in [0.25, 0.3) is 0 Å². The zero-order valence-corrected chi connectivity index (χ0v) is 13.6. The van der Waals surface area contributed by atoms with E-state index in [-0.39, 0.29) is 0 Å². The minimum absolute atomic E-state index is 0.312. The maximum atomic E-state index is 12.3. The molecule has 0 aromatic heterocycles. The molecule has 2 rings (SSSR count). The van der Waals surface area contributed by atoms with Crippen LogP contribution in [0.2, 0.25) is 0 Å². The Balaban J connectivity index is 1.66. The van der Waals surface area contributed by atoms with Crippen LogP contribution in [0.25, 0.3) is 0 Å². The zero-order chi connectivity index (χ0) is 14.4. The van der Waals surface area contributed by atoms with Crippen LogP contribution in [0.4, 0.5) is 0 Å². The molecule has 1 atom stereocenters. The van der Waals surface area contributed by atoms with Gasteiger partial charge in [0.15, 0.2) is 0 Å². The maximum absolute atomic E-state index is 12.3. The van der Waals surface area contributed by atoms with Gasteiger partial charge in [0.2, 0.25) is 5.91 Å². The minimum atomic E-state index is 0.312. The number of carbonyl (C=O) groups is 1. The van der Waals surface area contributed by atoms with Gasteiger partial charge in [-0.05, 0) is 18.8 Å². The second kappa shape index (κ2) is 8.25. The van der Waals surface area contributed by atoms with Crippen molar-refractivity contribution in [3.63, 3.8) is 0 Å². The Labute approximate surface area is 127 Å². The number of nitrogens with zero attached hydrogens (tertiary/aromatic N) is 1. The normalized spacial score (nSPS) is 25.1. The predicted octanol–water partition coefficient (Wildman–Crippen LogP) is 1.75. The molecule has 4 nitrogen and oxygen atoms in total. The fourth-order valence-corrected chi connectivity index (χ4v) is 3.64. The Bertz CT molecular complexity index is 298. The number of hydrogen-bond donors (Lipinski definition) is 1. The number of thioether (sulfide) groups is 1. The number of amides is 1. The largest absolute Gasteiger partial charge is 0.378 e. The molecule has 1 N–H and O–H groups in total. The van der Waals surface area contributed by atoms with Crippen LogP contribution in [-0.4, -0.2) is 60.7 Å². The smallest absolute Gasteiger partial charge is 0.224 e. The van der Waals surface area contributed by atoms with Crippen LogP contribution in [0.5, 0.6) is 0 Å². The van der Waals surface area contributed by atoms with E-state index < -0.39 is 0 Å². The predicted molar refractivity (Wildman–Crippen MR) is 84.1 cm³/mol. The maximum Gasteiger partial charge on any atom is 0.224 e. The van der Waals surface area contributed by atoms with Crippen LogP contribution in [0.3, 0.4) is 0 Å². The van der Waals surface area contributed by atoms with Gasteiger partial charge in [-0.2, -0.15) is 11.8 Å². The van der Waals surface area contributed by atoms with Gasteiger partial charge in [-0.1, -0.05) is 13.8 Å². The molecule has 2 heterocycles. The molecule has 0 radical (unpaired) electrons. The quantitative estimate of drug-likeness (QED) is 0.840. The van der Waals surface area contributed by atoms with Gasteiger partial charge in [0, 0.05) is 50.2 Å². The summed E-state index contributed by atoms with van der Waals surface area (Å²) in [7, 11) is 0. The summed E-state index contributed by atoms with van der Waals surface area (Å²) < 4.78 is 5.87. The van der Waals surface area contributed by atoms with E-state index in [1.165, 1.54) is 5.75 Å². The Morgan fingerprint density at radius 1 is 1.40 bits per heavy atom.